The Hall–Kier alpha value is -2.31. The fraction of sp³-hybridized carbons (Fsp3) is 0.630. The van der Waals surface area contributed by atoms with Crippen LogP contribution in [0.1, 0.15) is 74.7 Å². The van der Waals surface area contributed by atoms with Gasteiger partial charge in [-0.05, 0) is 79.9 Å². The Bertz CT molecular complexity index is 1050. The quantitative estimate of drug-likeness (QED) is 0.590. The third kappa shape index (κ3) is 3.49. The van der Waals surface area contributed by atoms with Crippen molar-refractivity contribution in [3.05, 3.63) is 47.2 Å². The molecule has 0 bridgehead atoms. The Kier molecular flexibility index (Phi) is 5.41. The lowest BCUT2D eigenvalue weighted by Gasteiger charge is -2.60. The van der Waals surface area contributed by atoms with Gasteiger partial charge in [-0.1, -0.05) is 32.4 Å². The van der Waals surface area contributed by atoms with Crippen LogP contribution in [0.15, 0.2) is 36.0 Å². The second kappa shape index (κ2) is 7.85. The van der Waals surface area contributed by atoms with Crippen molar-refractivity contribution >= 4 is 11.8 Å². The molecule has 6 atom stereocenters. The van der Waals surface area contributed by atoms with Crippen LogP contribution in [0.2, 0.25) is 0 Å². The highest BCUT2D eigenvalue weighted by atomic mass is 19.4. The van der Waals surface area contributed by atoms with Crippen molar-refractivity contribution in [2.24, 2.45) is 28.6 Å². The summed E-state index contributed by atoms with van der Waals surface area (Å²) in [5.74, 6) is 0.440. The third-order valence-corrected chi connectivity index (χ3v) is 9.71. The molecule has 7 heteroatoms. The number of hydrogen-bond acceptors (Lipinski definition) is 2. The lowest BCUT2D eigenvalue weighted by atomic mass is 9.48. The minimum Gasteiger partial charge on any atom is -0.337 e. The van der Waals surface area contributed by atoms with Gasteiger partial charge in [0.15, 0.2) is 0 Å². The summed E-state index contributed by atoms with van der Waals surface area (Å²) in [5, 5.41) is 2.57. The zero-order valence-electron chi connectivity index (χ0n) is 20.0. The number of likely N-dealkylation sites (N-methyl/N-ethyl adjacent to an activating group) is 1. The highest BCUT2D eigenvalue weighted by molar-refractivity contribution is 6.04. The van der Waals surface area contributed by atoms with E-state index in [2.05, 4.69) is 19.2 Å². The first-order valence-corrected chi connectivity index (χ1v) is 12.4. The molecule has 34 heavy (non-hydrogen) atoms. The first-order valence-electron chi connectivity index (χ1n) is 12.4. The molecule has 0 unspecified atom stereocenters. The van der Waals surface area contributed by atoms with E-state index in [1.54, 1.807) is 11.9 Å². The van der Waals surface area contributed by atoms with Crippen LogP contribution in [-0.2, 0) is 11.0 Å². The smallest absolute Gasteiger partial charge is 0.337 e. The molecular formula is C27H33F3N2O2. The summed E-state index contributed by atoms with van der Waals surface area (Å²) in [6.07, 6.45) is 5.34. The van der Waals surface area contributed by atoms with Crippen molar-refractivity contribution in [1.29, 1.82) is 0 Å². The molecule has 2 amide bonds. The maximum Gasteiger partial charge on any atom is 0.417 e. The lowest BCUT2D eigenvalue weighted by molar-refractivity contribution is -0.140. The number of rotatable bonds is 2. The molecule has 1 aliphatic heterocycles. The average molecular weight is 475 g/mol. The molecule has 3 fully saturated rings. The number of carbonyl (C=O) groups is 2. The number of alkyl halides is 3. The van der Waals surface area contributed by atoms with Crippen molar-refractivity contribution in [2.75, 3.05) is 7.05 Å². The summed E-state index contributed by atoms with van der Waals surface area (Å²) < 4.78 is 40.4. The SMILES string of the molecule is CN1C(=O)C(NC(=O)c2ccccc2C(F)(F)F)=C[C@]2(C)[C@H]3CC[C@]4(C)CCC[C@H]4[C@@H]3CC[C@@H]12. The number of nitrogens with one attached hydrogen (secondary N) is 1. The molecular weight excluding hydrogens is 441 g/mol. The van der Waals surface area contributed by atoms with E-state index in [1.807, 2.05) is 6.08 Å². The number of hydrogen-bond donors (Lipinski definition) is 1. The Labute approximate surface area is 199 Å². The Morgan fingerprint density at radius 3 is 2.53 bits per heavy atom. The van der Waals surface area contributed by atoms with Crippen molar-refractivity contribution in [1.82, 2.24) is 10.2 Å². The van der Waals surface area contributed by atoms with Gasteiger partial charge < -0.3 is 10.2 Å². The van der Waals surface area contributed by atoms with Gasteiger partial charge in [-0.3, -0.25) is 9.59 Å². The van der Waals surface area contributed by atoms with Crippen molar-refractivity contribution in [2.45, 2.75) is 71.0 Å². The predicted octanol–water partition coefficient (Wildman–Crippen LogP) is 5.79. The van der Waals surface area contributed by atoms with Gasteiger partial charge in [0.05, 0.1) is 11.1 Å². The van der Waals surface area contributed by atoms with E-state index in [1.165, 1.54) is 37.8 Å². The monoisotopic (exact) mass is 474 g/mol. The number of benzene rings is 1. The summed E-state index contributed by atoms with van der Waals surface area (Å²) in [6, 6.07) is 4.74. The van der Waals surface area contributed by atoms with Gasteiger partial charge in [0.1, 0.15) is 5.70 Å². The zero-order chi connectivity index (χ0) is 24.5. The van der Waals surface area contributed by atoms with Crippen molar-refractivity contribution < 1.29 is 22.8 Å². The van der Waals surface area contributed by atoms with Gasteiger partial charge in [0.25, 0.3) is 11.8 Å². The Morgan fingerprint density at radius 1 is 1.06 bits per heavy atom. The standard InChI is InChI=1S/C27H33F3N2O2/c1-25-13-6-9-18(25)16-10-11-22-26(2,19(16)12-14-25)15-21(24(34)32(22)3)31-23(33)17-7-4-5-8-20(17)27(28,29)30/h4-5,7-8,15-16,18-19,22H,6,9-14H2,1-3H3,(H,31,33)/t16-,18-,19-,22+,25-,26+/m0/s1. The molecule has 4 aliphatic rings. The van der Waals surface area contributed by atoms with Gasteiger partial charge in [-0.2, -0.15) is 13.2 Å². The third-order valence-electron chi connectivity index (χ3n) is 9.71. The number of nitrogens with zero attached hydrogens (tertiary/aromatic N) is 1. The number of amides is 2. The molecule has 184 valence electrons. The topological polar surface area (TPSA) is 49.4 Å². The van der Waals surface area contributed by atoms with Crippen LogP contribution in [0.3, 0.4) is 0 Å². The van der Waals surface area contributed by atoms with Crippen LogP contribution in [0.4, 0.5) is 13.2 Å². The summed E-state index contributed by atoms with van der Waals surface area (Å²) in [5.41, 5.74) is -1.28. The van der Waals surface area contributed by atoms with Gasteiger partial charge in [0, 0.05) is 18.5 Å². The molecule has 1 heterocycles. The lowest BCUT2D eigenvalue weighted by Crippen LogP contribution is -2.61. The Morgan fingerprint density at radius 2 is 1.79 bits per heavy atom. The van der Waals surface area contributed by atoms with Crippen LogP contribution in [0, 0.1) is 28.6 Å². The van der Waals surface area contributed by atoms with E-state index in [0.717, 1.165) is 31.4 Å². The summed E-state index contributed by atoms with van der Waals surface area (Å²) in [4.78, 5) is 27.8. The molecule has 3 aliphatic carbocycles. The van der Waals surface area contributed by atoms with Gasteiger partial charge >= 0.3 is 6.18 Å². The molecule has 1 aromatic rings. The summed E-state index contributed by atoms with van der Waals surface area (Å²) >= 11 is 0. The number of halogens is 3. The molecule has 5 rings (SSSR count). The average Bonchev–Trinajstić information content (AvgIpc) is 3.18. The maximum absolute atomic E-state index is 13.5. The van der Waals surface area contributed by atoms with Crippen LogP contribution >= 0.6 is 0 Å². The van der Waals surface area contributed by atoms with Crippen LogP contribution in [0.25, 0.3) is 0 Å². The molecule has 0 radical (unpaired) electrons. The summed E-state index contributed by atoms with van der Waals surface area (Å²) in [6.45, 7) is 4.62. The van der Waals surface area contributed by atoms with E-state index in [9.17, 15) is 22.8 Å². The fourth-order valence-electron chi connectivity index (χ4n) is 8.09. The van der Waals surface area contributed by atoms with E-state index >= 15 is 0 Å². The molecule has 1 aromatic carbocycles. The van der Waals surface area contributed by atoms with Crippen LogP contribution < -0.4 is 5.32 Å². The minimum absolute atomic E-state index is 0.0372. The normalized spacial score (nSPS) is 37.4. The highest BCUT2D eigenvalue weighted by Crippen LogP contribution is 2.64. The van der Waals surface area contributed by atoms with Gasteiger partial charge in [-0.15, -0.1) is 0 Å². The molecule has 1 N–H and O–H groups in total. The minimum atomic E-state index is -4.65. The summed E-state index contributed by atoms with van der Waals surface area (Å²) in [7, 11) is 1.76. The second-order valence-electron chi connectivity index (χ2n) is 11.4. The predicted molar refractivity (Wildman–Crippen MR) is 123 cm³/mol. The van der Waals surface area contributed by atoms with Crippen LogP contribution in [-0.4, -0.2) is 29.8 Å². The largest absolute Gasteiger partial charge is 0.417 e. The van der Waals surface area contributed by atoms with E-state index in [0.29, 0.717) is 23.2 Å². The van der Waals surface area contributed by atoms with Crippen LogP contribution in [0.5, 0.6) is 0 Å². The van der Waals surface area contributed by atoms with Gasteiger partial charge in [0.2, 0.25) is 0 Å². The van der Waals surface area contributed by atoms with E-state index in [4.69, 9.17) is 0 Å². The molecule has 0 spiro atoms. The molecule has 4 nitrogen and oxygen atoms in total. The molecule has 3 saturated carbocycles. The zero-order valence-corrected chi connectivity index (χ0v) is 20.0. The first kappa shape index (κ1) is 23.4. The number of fused-ring (bicyclic) bond motifs is 5. The van der Waals surface area contributed by atoms with E-state index in [-0.39, 0.29) is 23.1 Å². The second-order valence-corrected chi connectivity index (χ2v) is 11.4. The molecule has 0 aromatic heterocycles. The van der Waals surface area contributed by atoms with Crippen molar-refractivity contribution in [3.63, 3.8) is 0 Å². The van der Waals surface area contributed by atoms with E-state index < -0.39 is 23.2 Å². The first-order chi connectivity index (χ1) is 16.0. The van der Waals surface area contributed by atoms with Gasteiger partial charge in [-0.25, -0.2) is 0 Å². The van der Waals surface area contributed by atoms with Crippen molar-refractivity contribution in [3.8, 4) is 0 Å². The fourth-order valence-corrected chi connectivity index (χ4v) is 8.09. The number of carbonyl (C=O) groups excluding carboxylic acids is 2. The highest BCUT2D eigenvalue weighted by Gasteiger charge is 2.59. The molecule has 0 saturated heterocycles. The maximum atomic E-state index is 13.5. The Balaban J connectivity index is 1.48.